The third-order valence-electron chi connectivity index (χ3n) is 2.50. The molecule has 0 unspecified atom stereocenters. The lowest BCUT2D eigenvalue weighted by atomic mass is 10.2. The van der Waals surface area contributed by atoms with Crippen LogP contribution in [0.25, 0.3) is 0 Å². The molecule has 18 heavy (non-hydrogen) atoms. The first-order chi connectivity index (χ1) is 8.52. The van der Waals surface area contributed by atoms with Crippen LogP contribution in [0.3, 0.4) is 0 Å². The molecular formula is C13H19N3O2. The molecule has 2 amide bonds. The summed E-state index contributed by atoms with van der Waals surface area (Å²) in [7, 11) is 1.59. The minimum absolute atomic E-state index is 0.0344. The predicted octanol–water partition coefficient (Wildman–Crippen LogP) is 0.741. The summed E-state index contributed by atoms with van der Waals surface area (Å²) in [6, 6.07) is 7.49. The van der Waals surface area contributed by atoms with Crippen molar-refractivity contribution >= 4 is 17.5 Å². The number of nitrogens with one attached hydrogen (secondary N) is 1. The molecule has 5 nitrogen and oxygen atoms in total. The maximum Gasteiger partial charge on any atom is 0.243 e. The molecule has 0 atom stereocenters. The van der Waals surface area contributed by atoms with E-state index in [-0.39, 0.29) is 24.8 Å². The number of rotatable bonds is 5. The van der Waals surface area contributed by atoms with E-state index in [4.69, 9.17) is 5.73 Å². The molecule has 5 heteroatoms. The van der Waals surface area contributed by atoms with Gasteiger partial charge in [-0.1, -0.05) is 17.7 Å². The van der Waals surface area contributed by atoms with Crippen LogP contribution in [0.15, 0.2) is 24.3 Å². The maximum atomic E-state index is 11.7. The van der Waals surface area contributed by atoms with Gasteiger partial charge in [0.2, 0.25) is 11.8 Å². The molecule has 0 aliphatic heterocycles. The van der Waals surface area contributed by atoms with E-state index in [1.54, 1.807) is 7.05 Å². The average Bonchev–Trinajstić information content (AvgIpc) is 2.32. The molecule has 0 aliphatic rings. The second kappa shape index (κ2) is 6.76. The number of amides is 2. The van der Waals surface area contributed by atoms with Crippen LogP contribution < -0.4 is 11.1 Å². The Kier molecular flexibility index (Phi) is 5.32. The molecule has 1 aromatic rings. The molecule has 3 N–H and O–H groups in total. The van der Waals surface area contributed by atoms with Crippen molar-refractivity contribution in [3.8, 4) is 0 Å². The number of carbonyl (C=O) groups is 2. The zero-order valence-electron chi connectivity index (χ0n) is 10.8. The number of hydrogen-bond acceptors (Lipinski definition) is 3. The Labute approximate surface area is 107 Å². The average molecular weight is 249 g/mol. The van der Waals surface area contributed by atoms with Gasteiger partial charge in [-0.3, -0.25) is 9.59 Å². The Hall–Kier alpha value is -1.88. The van der Waals surface area contributed by atoms with Crippen molar-refractivity contribution in [2.75, 3.05) is 25.5 Å². The van der Waals surface area contributed by atoms with Crippen molar-refractivity contribution in [3.05, 3.63) is 29.8 Å². The monoisotopic (exact) mass is 249 g/mol. The third kappa shape index (κ3) is 4.55. The molecule has 0 aliphatic carbocycles. The number of benzene rings is 1. The van der Waals surface area contributed by atoms with Crippen LogP contribution in [0, 0.1) is 6.92 Å². The second-order valence-corrected chi connectivity index (χ2v) is 4.20. The number of anilines is 1. The number of nitrogens with two attached hydrogens (primary N) is 1. The van der Waals surface area contributed by atoms with E-state index < -0.39 is 0 Å². The number of nitrogens with zero attached hydrogens (tertiary/aromatic N) is 1. The van der Waals surface area contributed by atoms with E-state index >= 15 is 0 Å². The normalized spacial score (nSPS) is 9.94. The van der Waals surface area contributed by atoms with Gasteiger partial charge in [-0.05, 0) is 19.1 Å². The summed E-state index contributed by atoms with van der Waals surface area (Å²) in [5.41, 5.74) is 7.14. The summed E-state index contributed by atoms with van der Waals surface area (Å²) in [4.78, 5) is 24.5. The van der Waals surface area contributed by atoms with Gasteiger partial charge in [0.1, 0.15) is 0 Å². The highest BCUT2D eigenvalue weighted by molar-refractivity contribution is 5.94. The Balaban J connectivity index is 2.46. The predicted molar refractivity (Wildman–Crippen MR) is 71.1 cm³/mol. The van der Waals surface area contributed by atoms with Crippen molar-refractivity contribution in [3.63, 3.8) is 0 Å². The molecule has 0 aromatic heterocycles. The topological polar surface area (TPSA) is 75.4 Å². The van der Waals surface area contributed by atoms with E-state index in [2.05, 4.69) is 5.32 Å². The molecule has 0 saturated carbocycles. The summed E-state index contributed by atoms with van der Waals surface area (Å²) in [6.07, 6.45) is 0.258. The van der Waals surface area contributed by atoms with Gasteiger partial charge in [0.05, 0.1) is 6.54 Å². The highest BCUT2D eigenvalue weighted by atomic mass is 16.2. The van der Waals surface area contributed by atoms with Crippen molar-refractivity contribution < 1.29 is 9.59 Å². The van der Waals surface area contributed by atoms with Gasteiger partial charge >= 0.3 is 0 Å². The lowest BCUT2D eigenvalue weighted by molar-refractivity contribution is -0.133. The van der Waals surface area contributed by atoms with Gasteiger partial charge in [-0.2, -0.15) is 0 Å². The van der Waals surface area contributed by atoms with Gasteiger partial charge in [-0.25, -0.2) is 0 Å². The van der Waals surface area contributed by atoms with Crippen LogP contribution in [-0.2, 0) is 9.59 Å². The summed E-state index contributed by atoms with van der Waals surface area (Å²) < 4.78 is 0. The number of likely N-dealkylation sites (N-methyl/N-ethyl adjacent to an activating group) is 1. The second-order valence-electron chi connectivity index (χ2n) is 4.20. The summed E-state index contributed by atoms with van der Waals surface area (Å²) in [5, 5.41) is 2.73. The third-order valence-corrected chi connectivity index (χ3v) is 2.50. The fourth-order valence-electron chi connectivity index (χ4n) is 1.46. The summed E-state index contributed by atoms with van der Waals surface area (Å²) in [5.74, 6) is -0.344. The van der Waals surface area contributed by atoms with E-state index in [0.717, 1.165) is 11.3 Å². The van der Waals surface area contributed by atoms with E-state index in [1.807, 2.05) is 31.2 Å². The van der Waals surface area contributed by atoms with Crippen molar-refractivity contribution in [1.29, 1.82) is 0 Å². The molecule has 0 bridgehead atoms. The highest BCUT2D eigenvalue weighted by Crippen LogP contribution is 2.08. The van der Waals surface area contributed by atoms with Crippen LogP contribution in [0.1, 0.15) is 12.0 Å². The Morgan fingerprint density at radius 1 is 1.28 bits per heavy atom. The number of carbonyl (C=O) groups excluding carboxylic acids is 2. The SMILES string of the molecule is Cc1ccc(NC(=O)CN(C)C(=O)CCN)cc1. The Morgan fingerprint density at radius 3 is 2.44 bits per heavy atom. The standard InChI is InChI=1S/C13H19N3O2/c1-10-3-5-11(6-4-10)15-12(17)9-16(2)13(18)7-8-14/h3-6H,7-9,14H2,1-2H3,(H,15,17). The fraction of sp³-hybridized carbons (Fsp3) is 0.385. The van der Waals surface area contributed by atoms with Crippen LogP contribution in [-0.4, -0.2) is 36.9 Å². The molecule has 0 spiro atoms. The number of hydrogen-bond donors (Lipinski definition) is 2. The molecule has 0 radical (unpaired) electrons. The largest absolute Gasteiger partial charge is 0.336 e. The molecule has 98 valence electrons. The van der Waals surface area contributed by atoms with Crippen LogP contribution in [0.4, 0.5) is 5.69 Å². The van der Waals surface area contributed by atoms with E-state index in [9.17, 15) is 9.59 Å². The van der Waals surface area contributed by atoms with Crippen molar-refractivity contribution in [1.82, 2.24) is 4.90 Å². The maximum absolute atomic E-state index is 11.7. The van der Waals surface area contributed by atoms with Crippen LogP contribution in [0.2, 0.25) is 0 Å². The van der Waals surface area contributed by atoms with Gasteiger partial charge in [0, 0.05) is 25.7 Å². The molecule has 0 heterocycles. The summed E-state index contributed by atoms with van der Waals surface area (Å²) >= 11 is 0. The van der Waals surface area contributed by atoms with Crippen LogP contribution >= 0.6 is 0 Å². The first-order valence-corrected chi connectivity index (χ1v) is 5.83. The van der Waals surface area contributed by atoms with E-state index in [1.165, 1.54) is 4.90 Å². The van der Waals surface area contributed by atoms with E-state index in [0.29, 0.717) is 6.54 Å². The molecule has 0 saturated heterocycles. The van der Waals surface area contributed by atoms with Gasteiger partial charge in [0.15, 0.2) is 0 Å². The first kappa shape index (κ1) is 14.2. The van der Waals surface area contributed by atoms with Crippen molar-refractivity contribution in [2.45, 2.75) is 13.3 Å². The number of aryl methyl sites for hydroxylation is 1. The molecule has 0 fully saturated rings. The lowest BCUT2D eigenvalue weighted by Gasteiger charge is -2.16. The first-order valence-electron chi connectivity index (χ1n) is 5.83. The molecular weight excluding hydrogens is 230 g/mol. The molecule has 1 rings (SSSR count). The summed E-state index contributed by atoms with van der Waals surface area (Å²) in [6.45, 7) is 2.31. The minimum Gasteiger partial charge on any atom is -0.336 e. The van der Waals surface area contributed by atoms with Crippen LogP contribution in [0.5, 0.6) is 0 Å². The fourth-order valence-corrected chi connectivity index (χ4v) is 1.46. The van der Waals surface area contributed by atoms with Gasteiger partial charge in [-0.15, -0.1) is 0 Å². The smallest absolute Gasteiger partial charge is 0.243 e. The lowest BCUT2D eigenvalue weighted by Crippen LogP contribution is -2.35. The minimum atomic E-state index is -0.216. The Morgan fingerprint density at radius 2 is 1.89 bits per heavy atom. The quantitative estimate of drug-likeness (QED) is 0.808. The zero-order valence-corrected chi connectivity index (χ0v) is 10.8. The molecule has 1 aromatic carbocycles. The van der Waals surface area contributed by atoms with Gasteiger partial charge < -0.3 is 16.0 Å². The zero-order chi connectivity index (χ0) is 13.5. The van der Waals surface area contributed by atoms with Gasteiger partial charge in [0.25, 0.3) is 0 Å². The Bertz CT molecular complexity index is 415. The highest BCUT2D eigenvalue weighted by Gasteiger charge is 2.11. The van der Waals surface area contributed by atoms with Crippen molar-refractivity contribution in [2.24, 2.45) is 5.73 Å².